The van der Waals surface area contributed by atoms with Crippen molar-refractivity contribution in [3.8, 4) is 0 Å². The third-order valence-corrected chi connectivity index (χ3v) is 5.26. The van der Waals surface area contributed by atoms with Crippen molar-refractivity contribution in [1.82, 2.24) is 19.0 Å². The molecule has 0 bridgehead atoms. The van der Waals surface area contributed by atoms with Gasteiger partial charge in [-0.15, -0.1) is 0 Å². The molecule has 1 fully saturated rings. The average Bonchev–Trinajstić information content (AvgIpc) is 3.11. The summed E-state index contributed by atoms with van der Waals surface area (Å²) in [6, 6.07) is 2.29. The number of imidazole rings is 1. The average molecular weight is 296 g/mol. The summed E-state index contributed by atoms with van der Waals surface area (Å²) in [5, 5.41) is 0. The Morgan fingerprint density at radius 2 is 1.91 bits per heavy atom. The van der Waals surface area contributed by atoms with E-state index >= 15 is 0 Å². The summed E-state index contributed by atoms with van der Waals surface area (Å²) < 4.78 is 4.61. The van der Waals surface area contributed by atoms with E-state index in [1.54, 1.807) is 5.57 Å². The van der Waals surface area contributed by atoms with E-state index < -0.39 is 0 Å². The van der Waals surface area contributed by atoms with E-state index in [1.165, 1.54) is 48.6 Å². The van der Waals surface area contributed by atoms with Gasteiger partial charge in [-0.2, -0.15) is 0 Å². The zero-order valence-corrected chi connectivity index (χ0v) is 13.5. The summed E-state index contributed by atoms with van der Waals surface area (Å²) in [6.45, 7) is 6.80. The maximum absolute atomic E-state index is 4.70. The Morgan fingerprint density at radius 3 is 2.68 bits per heavy atom. The summed E-state index contributed by atoms with van der Waals surface area (Å²) in [6.07, 6.45) is 9.70. The van der Waals surface area contributed by atoms with Gasteiger partial charge in [-0.25, -0.2) is 4.98 Å². The van der Waals surface area contributed by atoms with Gasteiger partial charge in [0.25, 0.3) is 0 Å². The predicted octanol–water partition coefficient (Wildman–Crippen LogP) is 2.70. The second-order valence-corrected chi connectivity index (χ2v) is 6.39. The molecule has 116 valence electrons. The quantitative estimate of drug-likeness (QED) is 0.808. The number of hydrogen-bond acceptors (Lipinski definition) is 2. The molecule has 4 heterocycles. The van der Waals surface area contributed by atoms with Gasteiger partial charge in [0, 0.05) is 68.5 Å². The van der Waals surface area contributed by atoms with Gasteiger partial charge < -0.3 is 14.0 Å². The fourth-order valence-corrected chi connectivity index (χ4v) is 3.90. The monoisotopic (exact) mass is 296 g/mol. The molecule has 0 aromatic carbocycles. The first kappa shape index (κ1) is 13.8. The van der Waals surface area contributed by atoms with E-state index in [0.29, 0.717) is 0 Å². The molecule has 2 aliphatic rings. The standard InChI is InChI=1S/C18H24N4/c1-3-21-10-4-14(5-11-21)17-15-6-9-20(2)16(15)7-12-22-13-8-19-18(17)22/h6,8-9,13H,3-5,7,10-12H2,1-2H3. The summed E-state index contributed by atoms with van der Waals surface area (Å²) in [4.78, 5) is 7.24. The number of hydrogen-bond donors (Lipinski definition) is 0. The molecule has 2 aromatic rings. The van der Waals surface area contributed by atoms with E-state index in [1.807, 2.05) is 6.20 Å². The molecular weight excluding hydrogens is 272 g/mol. The smallest absolute Gasteiger partial charge is 0.140 e. The van der Waals surface area contributed by atoms with Crippen molar-refractivity contribution >= 4 is 5.57 Å². The number of piperidine rings is 1. The Morgan fingerprint density at radius 1 is 1.09 bits per heavy atom. The normalized spacial score (nSPS) is 19.0. The molecule has 4 nitrogen and oxygen atoms in total. The molecule has 0 spiro atoms. The molecule has 0 N–H and O–H groups in total. The van der Waals surface area contributed by atoms with E-state index in [4.69, 9.17) is 4.98 Å². The molecule has 4 rings (SSSR count). The van der Waals surface area contributed by atoms with Gasteiger partial charge in [0.1, 0.15) is 5.82 Å². The summed E-state index contributed by atoms with van der Waals surface area (Å²) in [7, 11) is 2.16. The van der Waals surface area contributed by atoms with Crippen LogP contribution in [-0.2, 0) is 20.0 Å². The molecule has 2 aliphatic heterocycles. The number of likely N-dealkylation sites (tertiary alicyclic amines) is 1. The van der Waals surface area contributed by atoms with Gasteiger partial charge in [0.05, 0.1) is 0 Å². The zero-order chi connectivity index (χ0) is 15.1. The Hall–Kier alpha value is -1.81. The Kier molecular flexibility index (Phi) is 3.41. The highest BCUT2D eigenvalue weighted by Gasteiger charge is 2.25. The van der Waals surface area contributed by atoms with Crippen molar-refractivity contribution in [1.29, 1.82) is 0 Å². The lowest BCUT2D eigenvalue weighted by molar-refractivity contribution is 0.270. The Labute approximate surface area is 132 Å². The first-order chi connectivity index (χ1) is 10.8. The third-order valence-electron chi connectivity index (χ3n) is 5.26. The number of nitrogens with zero attached hydrogens (tertiary/aromatic N) is 4. The van der Waals surface area contributed by atoms with Crippen LogP contribution in [0.4, 0.5) is 0 Å². The van der Waals surface area contributed by atoms with E-state index in [0.717, 1.165) is 19.5 Å². The largest absolute Gasteiger partial charge is 0.354 e. The van der Waals surface area contributed by atoms with E-state index in [-0.39, 0.29) is 0 Å². The van der Waals surface area contributed by atoms with Gasteiger partial charge in [0.2, 0.25) is 0 Å². The van der Waals surface area contributed by atoms with Crippen LogP contribution in [0.25, 0.3) is 5.57 Å². The van der Waals surface area contributed by atoms with Crippen molar-refractivity contribution in [2.24, 2.45) is 7.05 Å². The second-order valence-electron chi connectivity index (χ2n) is 6.39. The van der Waals surface area contributed by atoms with Gasteiger partial charge in [-0.3, -0.25) is 0 Å². The van der Waals surface area contributed by atoms with Crippen molar-refractivity contribution in [2.75, 3.05) is 19.6 Å². The van der Waals surface area contributed by atoms with Crippen LogP contribution in [0.2, 0.25) is 0 Å². The molecule has 2 aromatic heterocycles. The Balaban J connectivity index is 1.85. The number of fused-ring (bicyclic) bond motifs is 2. The van der Waals surface area contributed by atoms with Gasteiger partial charge in [-0.05, 0) is 25.5 Å². The Bertz CT molecular complexity index is 709. The number of rotatable bonds is 1. The minimum absolute atomic E-state index is 1.03. The van der Waals surface area contributed by atoms with Crippen LogP contribution in [-0.4, -0.2) is 38.7 Å². The molecule has 0 amide bonds. The highest BCUT2D eigenvalue weighted by molar-refractivity contribution is 5.81. The number of aryl methyl sites for hydroxylation is 2. The maximum atomic E-state index is 4.70. The first-order valence-electron chi connectivity index (χ1n) is 8.38. The SMILES string of the molecule is CCN1CCC(=C2c3ccn(C)c3CCn3ccnc32)CC1. The van der Waals surface area contributed by atoms with Crippen LogP contribution in [0.15, 0.2) is 30.2 Å². The van der Waals surface area contributed by atoms with Gasteiger partial charge >= 0.3 is 0 Å². The van der Waals surface area contributed by atoms with Gasteiger partial charge in [0.15, 0.2) is 0 Å². The molecule has 0 unspecified atom stereocenters. The molecule has 0 saturated carbocycles. The van der Waals surface area contributed by atoms with Crippen LogP contribution in [0.5, 0.6) is 0 Å². The van der Waals surface area contributed by atoms with Gasteiger partial charge in [-0.1, -0.05) is 12.5 Å². The highest BCUT2D eigenvalue weighted by Crippen LogP contribution is 2.35. The second kappa shape index (κ2) is 5.43. The minimum Gasteiger partial charge on any atom is -0.354 e. The maximum Gasteiger partial charge on any atom is 0.140 e. The molecule has 22 heavy (non-hydrogen) atoms. The molecule has 4 heteroatoms. The van der Waals surface area contributed by atoms with Crippen LogP contribution in [0.1, 0.15) is 36.8 Å². The van der Waals surface area contributed by atoms with Crippen LogP contribution in [0, 0.1) is 0 Å². The predicted molar refractivity (Wildman–Crippen MR) is 88.7 cm³/mol. The highest BCUT2D eigenvalue weighted by atomic mass is 15.1. The van der Waals surface area contributed by atoms with Crippen molar-refractivity contribution in [2.45, 2.75) is 32.7 Å². The molecular formula is C18H24N4. The fourth-order valence-electron chi connectivity index (χ4n) is 3.90. The van der Waals surface area contributed by atoms with E-state index in [9.17, 15) is 0 Å². The lowest BCUT2D eigenvalue weighted by Gasteiger charge is -2.28. The number of aromatic nitrogens is 3. The third kappa shape index (κ3) is 2.13. The lowest BCUT2D eigenvalue weighted by Crippen LogP contribution is -2.30. The van der Waals surface area contributed by atoms with Crippen molar-refractivity contribution in [3.05, 3.63) is 47.3 Å². The van der Waals surface area contributed by atoms with E-state index in [2.05, 4.69) is 46.5 Å². The summed E-state index contributed by atoms with van der Waals surface area (Å²) in [5.74, 6) is 1.17. The van der Waals surface area contributed by atoms with Crippen molar-refractivity contribution in [3.63, 3.8) is 0 Å². The molecule has 1 saturated heterocycles. The van der Waals surface area contributed by atoms with Crippen LogP contribution in [0.3, 0.4) is 0 Å². The van der Waals surface area contributed by atoms with Crippen molar-refractivity contribution < 1.29 is 0 Å². The zero-order valence-electron chi connectivity index (χ0n) is 13.5. The molecule has 0 atom stereocenters. The summed E-state index contributed by atoms with van der Waals surface area (Å²) >= 11 is 0. The fraction of sp³-hybridized carbons (Fsp3) is 0.500. The first-order valence-corrected chi connectivity index (χ1v) is 8.38. The summed E-state index contributed by atoms with van der Waals surface area (Å²) in [5.41, 5.74) is 5.86. The topological polar surface area (TPSA) is 26.0 Å². The van der Waals surface area contributed by atoms with Crippen LogP contribution >= 0.6 is 0 Å². The molecule has 0 aliphatic carbocycles. The molecule has 0 radical (unpaired) electrons. The van der Waals surface area contributed by atoms with Crippen LogP contribution < -0.4 is 0 Å². The minimum atomic E-state index is 1.03. The lowest BCUT2D eigenvalue weighted by atomic mass is 9.92.